The number of amides is 2. The molecule has 0 radical (unpaired) electrons. The lowest BCUT2D eigenvalue weighted by Crippen LogP contribution is -2.61. The van der Waals surface area contributed by atoms with Crippen molar-refractivity contribution >= 4 is 23.6 Å². The first kappa shape index (κ1) is 28.6. The van der Waals surface area contributed by atoms with Crippen molar-refractivity contribution < 1.29 is 72.1 Å². The lowest BCUT2D eigenvalue weighted by Gasteiger charge is -2.32. The molecule has 192 valence electrons. The number of carbonyl (C=O) groups is 2. The number of nitrogens with one attached hydrogen (secondary N) is 2. The number of benzene rings is 1. The Morgan fingerprint density at radius 2 is 1.29 bits per heavy atom. The van der Waals surface area contributed by atoms with E-state index in [1.807, 2.05) is 5.32 Å². The van der Waals surface area contributed by atoms with Crippen LogP contribution in [0.3, 0.4) is 0 Å². The van der Waals surface area contributed by atoms with Gasteiger partial charge in [0.25, 0.3) is 0 Å². The molecule has 0 fully saturated rings. The van der Waals surface area contributed by atoms with Crippen molar-refractivity contribution in [1.29, 1.82) is 0 Å². The molecule has 1 rings (SSSR count). The summed E-state index contributed by atoms with van der Waals surface area (Å²) in [5.41, 5.74) is -1.17. The van der Waals surface area contributed by atoms with Gasteiger partial charge in [-0.15, -0.1) is 0 Å². The van der Waals surface area contributed by atoms with Crippen molar-refractivity contribution in [3.05, 3.63) is 30.0 Å². The minimum atomic E-state index is -7.51. The molecule has 0 saturated carbocycles. The first-order chi connectivity index (χ1) is 15.3. The Kier molecular flexibility index (Phi) is 8.23. The van der Waals surface area contributed by atoms with E-state index in [4.69, 9.17) is 0 Å². The second-order valence-corrected chi connectivity index (χ2v) is 5.85. The van der Waals surface area contributed by atoms with E-state index in [1.165, 1.54) is 0 Å². The molecule has 0 heterocycles. The molecule has 34 heavy (non-hydrogen) atoms. The zero-order chi connectivity index (χ0) is 26.7. The maximum absolute atomic E-state index is 13.9. The smallest absolute Gasteiger partial charge is 0.453 e. The van der Waals surface area contributed by atoms with Gasteiger partial charge in [-0.2, -0.15) is 48.3 Å². The van der Waals surface area contributed by atoms with Gasteiger partial charge in [-0.1, -0.05) is 0 Å². The zero-order valence-corrected chi connectivity index (χ0v) is 16.4. The fraction of sp³-hybridized carbons (Fsp3) is 0.375. The molecule has 0 aliphatic rings. The van der Waals surface area contributed by atoms with Gasteiger partial charge in [-0.25, -0.2) is 9.59 Å². The Labute approximate surface area is 181 Å². The highest BCUT2D eigenvalue weighted by Crippen LogP contribution is 2.55. The predicted octanol–water partition coefficient (Wildman–Crippen LogP) is 6.00. The van der Waals surface area contributed by atoms with Gasteiger partial charge in [-0.05, 0) is 12.1 Å². The average Bonchev–Trinajstić information content (AvgIpc) is 2.73. The molecule has 0 bridgehead atoms. The second kappa shape index (κ2) is 9.80. The molecular weight excluding hydrogens is 509 g/mol. The molecule has 0 unspecified atom stereocenters. The largest absolute Gasteiger partial charge is 0.460 e. The van der Waals surface area contributed by atoms with Gasteiger partial charge in [0.05, 0.1) is 19.9 Å². The number of halogens is 11. The summed E-state index contributed by atoms with van der Waals surface area (Å²) in [7, 11) is 1.70. The van der Waals surface area contributed by atoms with Crippen molar-refractivity contribution in [1.82, 2.24) is 0 Å². The molecule has 1 aromatic rings. The van der Waals surface area contributed by atoms with E-state index in [-0.39, 0.29) is 0 Å². The van der Waals surface area contributed by atoms with Crippen LogP contribution in [0.25, 0.3) is 0 Å². The molecule has 1 aromatic carbocycles. The van der Waals surface area contributed by atoms with Crippen LogP contribution >= 0.6 is 0 Å². The van der Waals surface area contributed by atoms with Gasteiger partial charge in [0, 0.05) is 11.8 Å². The van der Waals surface area contributed by atoms with Crippen LogP contribution in [0.4, 0.5) is 69.3 Å². The van der Waals surface area contributed by atoms with Crippen LogP contribution in [0.15, 0.2) is 30.0 Å². The molecule has 2 amide bonds. The minimum absolute atomic E-state index is 0.425. The number of hydrogen-bond donors (Lipinski definition) is 2. The van der Waals surface area contributed by atoms with E-state index in [2.05, 4.69) is 14.2 Å². The fourth-order valence-electron chi connectivity index (χ4n) is 1.90. The summed E-state index contributed by atoms with van der Waals surface area (Å²) in [6.45, 7) is 0. The van der Waals surface area contributed by atoms with Crippen LogP contribution in [0.5, 0.6) is 5.75 Å². The van der Waals surface area contributed by atoms with E-state index < -0.39 is 65.1 Å². The summed E-state index contributed by atoms with van der Waals surface area (Å²) < 4.78 is 156. The van der Waals surface area contributed by atoms with Gasteiger partial charge < -0.3 is 14.2 Å². The first-order valence-electron chi connectivity index (χ1n) is 8.11. The first-order valence-corrected chi connectivity index (χ1v) is 8.11. The number of rotatable bonds is 7. The van der Waals surface area contributed by atoms with Gasteiger partial charge in [0.2, 0.25) is 5.83 Å². The summed E-state index contributed by atoms with van der Waals surface area (Å²) in [4.78, 5) is 22.5. The maximum atomic E-state index is 13.9. The normalized spacial score (nSPS) is 13.6. The Morgan fingerprint density at radius 1 is 0.794 bits per heavy atom. The third kappa shape index (κ3) is 5.53. The van der Waals surface area contributed by atoms with Crippen LogP contribution in [0, 0.1) is 0 Å². The Bertz CT molecular complexity index is 963. The van der Waals surface area contributed by atoms with Crippen LogP contribution in [0.1, 0.15) is 0 Å². The summed E-state index contributed by atoms with van der Waals surface area (Å²) in [6.07, 6.45) is -9.78. The average molecular weight is 520 g/mol. The highest BCUT2D eigenvalue weighted by molar-refractivity contribution is 5.89. The Morgan fingerprint density at radius 3 is 1.76 bits per heavy atom. The van der Waals surface area contributed by atoms with Crippen molar-refractivity contribution in [2.75, 3.05) is 24.9 Å². The number of carbonyl (C=O) groups excluding carboxylic acids is 2. The van der Waals surface area contributed by atoms with E-state index in [0.29, 0.717) is 6.07 Å². The summed E-state index contributed by atoms with van der Waals surface area (Å²) in [5.74, 6) is -27.5. The van der Waals surface area contributed by atoms with E-state index in [0.717, 1.165) is 26.4 Å². The molecule has 18 heteroatoms. The van der Waals surface area contributed by atoms with Crippen LogP contribution in [-0.4, -0.2) is 50.3 Å². The topological polar surface area (TPSA) is 85.9 Å². The number of anilines is 2. The fourth-order valence-corrected chi connectivity index (χ4v) is 1.90. The van der Waals surface area contributed by atoms with Gasteiger partial charge in [0.15, 0.2) is 5.75 Å². The molecule has 7 nitrogen and oxygen atoms in total. The molecular formula is C16H11F11N2O5. The summed E-state index contributed by atoms with van der Waals surface area (Å²) >= 11 is 0. The molecule has 0 atom stereocenters. The van der Waals surface area contributed by atoms with Crippen LogP contribution in [0.2, 0.25) is 0 Å². The lowest BCUT2D eigenvalue weighted by molar-refractivity contribution is -0.392. The highest BCUT2D eigenvalue weighted by Gasteiger charge is 2.83. The maximum Gasteiger partial charge on any atom is 0.460 e. The minimum Gasteiger partial charge on any atom is -0.453 e. The standard InChI is InChI=1S/C16H11F11N2O5/c1-32-11(30)28-6-3-4-7(29-12(31)33-2)8(5-6)34-10(18)9(17)13(19,20)14(21,22)15(23,24)16(25,26)27/h3-5H,1-2H3,(H,28,30)(H,29,31). The van der Waals surface area contributed by atoms with Crippen molar-refractivity contribution in [2.24, 2.45) is 0 Å². The Hall–Kier alpha value is -3.47. The van der Waals surface area contributed by atoms with Crippen molar-refractivity contribution in [2.45, 2.75) is 23.9 Å². The molecule has 0 aliphatic carbocycles. The molecule has 0 aromatic heterocycles. The SMILES string of the molecule is COC(=O)Nc1ccc(NC(=O)OC)c(OC(F)=C(F)C(F)(F)C(F)(F)C(F)(F)C(F)(F)F)c1. The van der Waals surface area contributed by atoms with E-state index in [1.54, 1.807) is 5.32 Å². The molecule has 0 saturated heterocycles. The van der Waals surface area contributed by atoms with Crippen molar-refractivity contribution in [3.63, 3.8) is 0 Å². The molecule has 0 spiro atoms. The third-order valence-electron chi connectivity index (χ3n) is 3.63. The number of alkyl halides is 9. The number of methoxy groups -OCH3 is 2. The molecule has 0 aliphatic heterocycles. The van der Waals surface area contributed by atoms with Gasteiger partial charge in [0.1, 0.15) is 0 Å². The van der Waals surface area contributed by atoms with Crippen LogP contribution in [-0.2, 0) is 9.47 Å². The lowest BCUT2D eigenvalue weighted by atomic mass is 10.0. The number of ether oxygens (including phenoxy) is 3. The monoisotopic (exact) mass is 520 g/mol. The number of hydrogen-bond acceptors (Lipinski definition) is 5. The van der Waals surface area contributed by atoms with E-state index in [9.17, 15) is 57.9 Å². The third-order valence-corrected chi connectivity index (χ3v) is 3.63. The Balaban J connectivity index is 3.51. The van der Waals surface area contributed by atoms with E-state index >= 15 is 0 Å². The second-order valence-electron chi connectivity index (χ2n) is 5.85. The van der Waals surface area contributed by atoms with Crippen LogP contribution < -0.4 is 15.4 Å². The zero-order valence-electron chi connectivity index (χ0n) is 16.4. The highest BCUT2D eigenvalue weighted by atomic mass is 19.4. The summed E-state index contributed by atoms with van der Waals surface area (Å²) in [5, 5.41) is 3.68. The van der Waals surface area contributed by atoms with Gasteiger partial charge in [-0.3, -0.25) is 10.6 Å². The predicted molar refractivity (Wildman–Crippen MR) is 89.3 cm³/mol. The number of allylic oxidation sites excluding steroid dienone is 1. The van der Waals surface area contributed by atoms with Crippen molar-refractivity contribution in [3.8, 4) is 5.75 Å². The quantitative estimate of drug-likeness (QED) is 0.341. The van der Waals surface area contributed by atoms with Gasteiger partial charge >= 0.3 is 42.1 Å². The molecule has 2 N–H and O–H groups in total. The summed E-state index contributed by atoms with van der Waals surface area (Å²) in [6, 6.07) is -1.24.